The van der Waals surface area contributed by atoms with E-state index in [2.05, 4.69) is 12.2 Å². The van der Waals surface area contributed by atoms with Gasteiger partial charge in [-0.2, -0.15) is 11.8 Å². The number of hydrogen-bond acceptors (Lipinski definition) is 6. The van der Waals surface area contributed by atoms with Crippen molar-refractivity contribution in [3.05, 3.63) is 0 Å². The molecule has 0 radical (unpaired) electrons. The van der Waals surface area contributed by atoms with Crippen molar-refractivity contribution in [3.8, 4) is 0 Å². The van der Waals surface area contributed by atoms with Gasteiger partial charge in [-0.3, -0.25) is 4.79 Å². The first kappa shape index (κ1) is 18.7. The van der Waals surface area contributed by atoms with Gasteiger partial charge < -0.3 is 20.3 Å². The molecule has 0 saturated heterocycles. The van der Waals surface area contributed by atoms with E-state index in [9.17, 15) is 9.90 Å². The predicted octanol–water partition coefficient (Wildman–Crippen LogP) is 1.17. The van der Waals surface area contributed by atoms with E-state index in [1.165, 1.54) is 7.11 Å². The van der Waals surface area contributed by atoms with Gasteiger partial charge in [0.2, 0.25) is 0 Å². The van der Waals surface area contributed by atoms with Crippen molar-refractivity contribution in [2.45, 2.75) is 50.7 Å². The minimum Gasteiger partial charge on any atom is -0.468 e. The molecule has 0 aliphatic heterocycles. The number of rotatable bonds is 10. The predicted molar refractivity (Wildman–Crippen MR) is 85.4 cm³/mol. The summed E-state index contributed by atoms with van der Waals surface area (Å²) in [7, 11) is 1.46. The van der Waals surface area contributed by atoms with Gasteiger partial charge in [-0.25, -0.2) is 0 Å². The van der Waals surface area contributed by atoms with Crippen LogP contribution >= 0.6 is 11.8 Å². The molecule has 1 saturated carbocycles. The standard InChI is InChI=1S/C15H29NO4S/c1-3-8-16-15(14(19)20-2)7-4-5-12(15)6-9-21-11-13(18)10-17/h12-13,16-18H,3-11H2,1-2H3. The van der Waals surface area contributed by atoms with Gasteiger partial charge in [0.1, 0.15) is 5.54 Å². The number of carbonyl (C=O) groups is 1. The van der Waals surface area contributed by atoms with Crippen LogP contribution in [-0.2, 0) is 9.53 Å². The molecule has 1 rings (SSSR count). The van der Waals surface area contributed by atoms with Crippen molar-refractivity contribution in [1.82, 2.24) is 5.32 Å². The summed E-state index contributed by atoms with van der Waals surface area (Å²) in [6, 6.07) is 0. The van der Waals surface area contributed by atoms with Gasteiger partial charge in [-0.05, 0) is 43.9 Å². The van der Waals surface area contributed by atoms with Gasteiger partial charge >= 0.3 is 5.97 Å². The van der Waals surface area contributed by atoms with Crippen molar-refractivity contribution in [3.63, 3.8) is 0 Å². The third kappa shape index (κ3) is 5.13. The number of hydrogen-bond donors (Lipinski definition) is 3. The molecule has 0 bridgehead atoms. The lowest BCUT2D eigenvalue weighted by molar-refractivity contribution is -0.150. The Morgan fingerprint density at radius 3 is 2.95 bits per heavy atom. The summed E-state index contributed by atoms with van der Waals surface area (Å²) in [4.78, 5) is 12.3. The molecule has 0 aromatic rings. The average molecular weight is 319 g/mol. The number of nitrogens with one attached hydrogen (secondary N) is 1. The summed E-state index contributed by atoms with van der Waals surface area (Å²) in [6.45, 7) is 2.72. The van der Waals surface area contributed by atoms with Crippen LogP contribution in [-0.4, -0.2) is 59.6 Å². The van der Waals surface area contributed by atoms with Gasteiger partial charge in [-0.1, -0.05) is 13.3 Å². The summed E-state index contributed by atoms with van der Waals surface area (Å²) in [5, 5.41) is 21.6. The molecule has 3 atom stereocenters. The fourth-order valence-electron chi connectivity index (χ4n) is 3.07. The number of thioether (sulfide) groups is 1. The monoisotopic (exact) mass is 319 g/mol. The van der Waals surface area contributed by atoms with E-state index in [1.54, 1.807) is 11.8 Å². The third-order valence-electron chi connectivity index (χ3n) is 4.19. The number of ether oxygens (including phenoxy) is 1. The Labute approximate surface area is 131 Å². The van der Waals surface area contributed by atoms with Crippen LogP contribution in [0.15, 0.2) is 0 Å². The summed E-state index contributed by atoms with van der Waals surface area (Å²) in [5.41, 5.74) is -0.527. The van der Waals surface area contributed by atoms with Gasteiger partial charge in [0.05, 0.1) is 19.8 Å². The van der Waals surface area contributed by atoms with E-state index >= 15 is 0 Å². The Bertz CT molecular complexity index is 316. The second-order valence-electron chi connectivity index (χ2n) is 5.68. The molecule has 0 spiro atoms. The normalized spacial score (nSPS) is 26.8. The number of aliphatic hydroxyl groups is 2. The molecule has 1 fully saturated rings. The topological polar surface area (TPSA) is 78.8 Å². The molecule has 3 unspecified atom stereocenters. The third-order valence-corrected chi connectivity index (χ3v) is 5.34. The minimum atomic E-state index is -0.651. The Morgan fingerprint density at radius 1 is 1.57 bits per heavy atom. The maximum absolute atomic E-state index is 12.3. The van der Waals surface area contributed by atoms with E-state index in [0.717, 1.165) is 44.4 Å². The van der Waals surface area contributed by atoms with Crippen LogP contribution in [0.5, 0.6) is 0 Å². The van der Waals surface area contributed by atoms with Crippen molar-refractivity contribution in [2.75, 3.05) is 31.8 Å². The van der Waals surface area contributed by atoms with Crippen LogP contribution in [0.3, 0.4) is 0 Å². The lowest BCUT2D eigenvalue weighted by atomic mass is 9.85. The van der Waals surface area contributed by atoms with E-state index in [0.29, 0.717) is 5.75 Å². The first-order valence-corrected chi connectivity index (χ1v) is 8.96. The molecule has 3 N–H and O–H groups in total. The highest BCUT2D eigenvalue weighted by Gasteiger charge is 2.48. The van der Waals surface area contributed by atoms with Gasteiger partial charge in [0.25, 0.3) is 0 Å². The van der Waals surface area contributed by atoms with Gasteiger partial charge in [0, 0.05) is 5.75 Å². The number of carbonyl (C=O) groups excluding carboxylic acids is 1. The SMILES string of the molecule is CCCNC1(C(=O)OC)CCCC1CCSCC(O)CO. The minimum absolute atomic E-state index is 0.140. The molecular formula is C15H29NO4S. The summed E-state index contributed by atoms with van der Waals surface area (Å²) in [5.74, 6) is 1.57. The van der Waals surface area contributed by atoms with Crippen molar-refractivity contribution in [1.29, 1.82) is 0 Å². The highest BCUT2D eigenvalue weighted by atomic mass is 32.2. The molecule has 0 aromatic heterocycles. The maximum atomic E-state index is 12.3. The fourth-order valence-corrected chi connectivity index (χ4v) is 4.07. The molecule has 21 heavy (non-hydrogen) atoms. The number of aliphatic hydroxyl groups excluding tert-OH is 2. The Balaban J connectivity index is 2.54. The Kier molecular flexibility index (Phi) is 8.63. The van der Waals surface area contributed by atoms with E-state index in [4.69, 9.17) is 9.84 Å². The second-order valence-corrected chi connectivity index (χ2v) is 6.83. The van der Waals surface area contributed by atoms with Gasteiger partial charge in [0.15, 0.2) is 0 Å². The van der Waals surface area contributed by atoms with Crippen molar-refractivity contribution >= 4 is 17.7 Å². The molecular weight excluding hydrogens is 290 g/mol. The molecule has 0 aromatic carbocycles. The molecule has 6 heteroatoms. The van der Waals surface area contributed by atoms with E-state index in [-0.39, 0.29) is 18.5 Å². The smallest absolute Gasteiger partial charge is 0.326 e. The zero-order chi connectivity index (χ0) is 15.7. The molecule has 0 amide bonds. The lowest BCUT2D eigenvalue weighted by Crippen LogP contribution is -2.55. The summed E-state index contributed by atoms with van der Waals surface area (Å²) < 4.78 is 5.05. The van der Waals surface area contributed by atoms with Crippen LogP contribution in [0.1, 0.15) is 39.0 Å². The van der Waals surface area contributed by atoms with Crippen molar-refractivity contribution < 1.29 is 19.7 Å². The van der Waals surface area contributed by atoms with E-state index in [1.807, 2.05) is 0 Å². The molecule has 1 aliphatic carbocycles. The molecule has 1 aliphatic rings. The first-order valence-electron chi connectivity index (χ1n) is 7.80. The number of methoxy groups -OCH3 is 1. The summed E-state index contributed by atoms with van der Waals surface area (Å²) >= 11 is 1.63. The van der Waals surface area contributed by atoms with Crippen LogP contribution in [0.4, 0.5) is 0 Å². The quantitative estimate of drug-likeness (QED) is 0.414. The fraction of sp³-hybridized carbons (Fsp3) is 0.933. The van der Waals surface area contributed by atoms with Crippen LogP contribution in [0.25, 0.3) is 0 Å². The Hall–Kier alpha value is -0.300. The highest BCUT2D eigenvalue weighted by molar-refractivity contribution is 7.99. The Morgan fingerprint density at radius 2 is 2.33 bits per heavy atom. The average Bonchev–Trinajstić information content (AvgIpc) is 2.92. The van der Waals surface area contributed by atoms with Crippen LogP contribution in [0, 0.1) is 5.92 Å². The largest absolute Gasteiger partial charge is 0.468 e. The highest BCUT2D eigenvalue weighted by Crippen LogP contribution is 2.39. The first-order chi connectivity index (χ1) is 10.1. The number of esters is 1. The molecule has 0 heterocycles. The lowest BCUT2D eigenvalue weighted by Gasteiger charge is -2.34. The molecule has 124 valence electrons. The summed E-state index contributed by atoms with van der Waals surface area (Å²) in [6.07, 6.45) is 4.18. The van der Waals surface area contributed by atoms with Crippen LogP contribution < -0.4 is 5.32 Å². The zero-order valence-corrected chi connectivity index (χ0v) is 14.0. The molecule has 5 nitrogen and oxygen atoms in total. The van der Waals surface area contributed by atoms with Crippen molar-refractivity contribution in [2.24, 2.45) is 5.92 Å². The van der Waals surface area contributed by atoms with Gasteiger partial charge in [-0.15, -0.1) is 0 Å². The second kappa shape index (κ2) is 9.66. The van der Waals surface area contributed by atoms with E-state index < -0.39 is 11.6 Å². The van der Waals surface area contributed by atoms with Crippen LogP contribution in [0.2, 0.25) is 0 Å². The maximum Gasteiger partial charge on any atom is 0.326 e. The zero-order valence-electron chi connectivity index (χ0n) is 13.1.